The van der Waals surface area contributed by atoms with Crippen LogP contribution in [0.25, 0.3) is 0 Å². The third-order valence-corrected chi connectivity index (χ3v) is 2.43. The molecule has 0 rings (SSSR count). The van der Waals surface area contributed by atoms with Crippen LogP contribution in [-0.4, -0.2) is 23.4 Å². The van der Waals surface area contributed by atoms with E-state index in [0.717, 1.165) is 0 Å². The fourth-order valence-corrected chi connectivity index (χ4v) is 0.756. The van der Waals surface area contributed by atoms with Gasteiger partial charge in [0.05, 0.1) is 11.4 Å². The van der Waals surface area contributed by atoms with Gasteiger partial charge in [0.2, 0.25) is 0 Å². The molecule has 0 aromatic rings. The van der Waals surface area contributed by atoms with Crippen LogP contribution in [0.3, 0.4) is 0 Å². The molecule has 6 nitrogen and oxygen atoms in total. The molecule has 6 heteroatoms. The highest BCUT2D eigenvalue weighted by atomic mass is 16.7. The molecule has 0 aromatic carbocycles. The average molecular weight is 242 g/mol. The SMILES string of the molecule is CC(=O)ON=C(C)C(C)(C)C(C)=NOC(C)=O. The highest BCUT2D eigenvalue weighted by molar-refractivity contribution is 6.09. The van der Waals surface area contributed by atoms with Crippen LogP contribution in [0.1, 0.15) is 41.5 Å². The first-order valence-electron chi connectivity index (χ1n) is 5.13. The van der Waals surface area contributed by atoms with E-state index in [-0.39, 0.29) is 0 Å². The number of hydrogen-bond donors (Lipinski definition) is 0. The van der Waals surface area contributed by atoms with Crippen molar-refractivity contribution in [1.82, 2.24) is 0 Å². The Morgan fingerprint density at radius 1 is 0.824 bits per heavy atom. The zero-order valence-corrected chi connectivity index (χ0v) is 11.0. The van der Waals surface area contributed by atoms with E-state index in [1.165, 1.54) is 13.8 Å². The molecule has 0 saturated heterocycles. The Kier molecular flexibility index (Phi) is 5.50. The van der Waals surface area contributed by atoms with E-state index in [4.69, 9.17) is 0 Å². The maximum absolute atomic E-state index is 10.6. The Morgan fingerprint density at radius 3 is 1.35 bits per heavy atom. The van der Waals surface area contributed by atoms with Gasteiger partial charge in [-0.3, -0.25) is 0 Å². The zero-order chi connectivity index (χ0) is 13.6. The second-order valence-corrected chi connectivity index (χ2v) is 4.14. The van der Waals surface area contributed by atoms with Gasteiger partial charge in [0, 0.05) is 19.3 Å². The van der Waals surface area contributed by atoms with E-state index in [1.807, 2.05) is 13.8 Å². The van der Waals surface area contributed by atoms with Gasteiger partial charge >= 0.3 is 11.9 Å². The molecule has 96 valence electrons. The van der Waals surface area contributed by atoms with Gasteiger partial charge in [-0.2, -0.15) is 0 Å². The lowest BCUT2D eigenvalue weighted by Gasteiger charge is -2.22. The topological polar surface area (TPSA) is 77.3 Å². The molecule has 0 aromatic heterocycles. The summed E-state index contributed by atoms with van der Waals surface area (Å²) in [4.78, 5) is 30.4. The second kappa shape index (κ2) is 6.12. The maximum atomic E-state index is 10.6. The Hall–Kier alpha value is -1.72. The molecule has 0 heterocycles. The smallest absolute Gasteiger partial charge is 0.319 e. The van der Waals surface area contributed by atoms with E-state index in [0.29, 0.717) is 11.4 Å². The highest BCUT2D eigenvalue weighted by Crippen LogP contribution is 2.20. The monoisotopic (exact) mass is 242 g/mol. The fraction of sp³-hybridized carbons (Fsp3) is 0.636. The van der Waals surface area contributed by atoms with Gasteiger partial charge in [0.1, 0.15) is 0 Å². The minimum Gasteiger partial charge on any atom is -0.319 e. The molecule has 0 aliphatic rings. The van der Waals surface area contributed by atoms with Gasteiger partial charge < -0.3 is 9.68 Å². The Morgan fingerprint density at radius 2 is 1.12 bits per heavy atom. The summed E-state index contributed by atoms with van der Waals surface area (Å²) < 4.78 is 0. The second-order valence-electron chi connectivity index (χ2n) is 4.14. The third-order valence-electron chi connectivity index (χ3n) is 2.43. The summed E-state index contributed by atoms with van der Waals surface area (Å²) in [6.07, 6.45) is 0. The molecule has 0 atom stereocenters. The molecule has 0 radical (unpaired) electrons. The number of nitrogens with zero attached hydrogens (tertiary/aromatic N) is 2. The van der Waals surface area contributed by atoms with Crippen molar-refractivity contribution < 1.29 is 19.3 Å². The Bertz CT molecular complexity index is 336. The first kappa shape index (κ1) is 15.3. The lowest BCUT2D eigenvalue weighted by molar-refractivity contribution is -0.141. The quantitative estimate of drug-likeness (QED) is 0.428. The van der Waals surface area contributed by atoms with E-state index in [2.05, 4.69) is 20.0 Å². The van der Waals surface area contributed by atoms with Crippen molar-refractivity contribution in [2.75, 3.05) is 0 Å². The van der Waals surface area contributed by atoms with Crippen LogP contribution >= 0.6 is 0 Å². The van der Waals surface area contributed by atoms with Gasteiger partial charge in [-0.25, -0.2) is 9.59 Å². The van der Waals surface area contributed by atoms with Crippen LogP contribution in [0.2, 0.25) is 0 Å². The van der Waals surface area contributed by atoms with Crippen LogP contribution in [-0.2, 0) is 19.3 Å². The molecule has 17 heavy (non-hydrogen) atoms. The predicted octanol–water partition coefficient (Wildman–Crippen LogP) is 1.89. The first-order chi connectivity index (χ1) is 7.67. The van der Waals surface area contributed by atoms with Crippen molar-refractivity contribution >= 4 is 23.4 Å². The largest absolute Gasteiger partial charge is 0.331 e. The fourth-order valence-electron chi connectivity index (χ4n) is 0.756. The summed E-state index contributed by atoms with van der Waals surface area (Å²) in [6.45, 7) is 9.61. The minimum atomic E-state index is -0.565. The molecule has 0 aliphatic heterocycles. The molecule has 0 aliphatic carbocycles. The van der Waals surface area contributed by atoms with Gasteiger partial charge in [-0.05, 0) is 27.7 Å². The lowest BCUT2D eigenvalue weighted by atomic mass is 9.84. The summed E-state index contributed by atoms with van der Waals surface area (Å²) in [5.74, 6) is -0.982. The van der Waals surface area contributed by atoms with E-state index < -0.39 is 17.4 Å². The van der Waals surface area contributed by atoms with Crippen LogP contribution in [0.15, 0.2) is 10.3 Å². The normalized spacial score (nSPS) is 13.3. The van der Waals surface area contributed by atoms with Crippen molar-refractivity contribution in [3.63, 3.8) is 0 Å². The predicted molar refractivity (Wildman–Crippen MR) is 63.5 cm³/mol. The zero-order valence-electron chi connectivity index (χ0n) is 11.0. The van der Waals surface area contributed by atoms with Gasteiger partial charge in [-0.1, -0.05) is 10.3 Å². The molecule has 0 bridgehead atoms. The summed E-state index contributed by atoms with van der Waals surface area (Å²) in [5, 5.41) is 7.38. The maximum Gasteiger partial charge on any atom is 0.331 e. The number of rotatable bonds is 4. The molecule has 0 unspecified atom stereocenters. The number of carbonyl (C=O) groups excluding carboxylic acids is 2. The summed E-state index contributed by atoms with van der Waals surface area (Å²) in [6, 6.07) is 0. The third kappa shape index (κ3) is 5.24. The molecular weight excluding hydrogens is 224 g/mol. The van der Waals surface area contributed by atoms with E-state index in [9.17, 15) is 9.59 Å². The Labute approximate surface area is 101 Å². The minimum absolute atomic E-state index is 0.491. The molecule has 0 amide bonds. The molecule has 0 fully saturated rings. The number of carbonyl (C=O) groups is 2. The van der Waals surface area contributed by atoms with E-state index >= 15 is 0 Å². The van der Waals surface area contributed by atoms with Crippen molar-refractivity contribution in [1.29, 1.82) is 0 Å². The van der Waals surface area contributed by atoms with Crippen molar-refractivity contribution in [2.45, 2.75) is 41.5 Å². The summed E-state index contributed by atoms with van der Waals surface area (Å²) in [5.41, 5.74) is 0.549. The van der Waals surface area contributed by atoms with E-state index in [1.54, 1.807) is 13.8 Å². The summed E-state index contributed by atoms with van der Waals surface area (Å²) in [7, 11) is 0. The molecular formula is C11H18N2O4. The summed E-state index contributed by atoms with van der Waals surface area (Å²) >= 11 is 0. The first-order valence-corrected chi connectivity index (χ1v) is 5.13. The van der Waals surface area contributed by atoms with Crippen LogP contribution in [0, 0.1) is 5.41 Å². The van der Waals surface area contributed by atoms with Crippen molar-refractivity contribution in [3.8, 4) is 0 Å². The number of oxime groups is 2. The van der Waals surface area contributed by atoms with Crippen LogP contribution in [0.5, 0.6) is 0 Å². The highest BCUT2D eigenvalue weighted by Gasteiger charge is 2.27. The van der Waals surface area contributed by atoms with Gasteiger partial charge in [-0.15, -0.1) is 0 Å². The van der Waals surface area contributed by atoms with Crippen LogP contribution < -0.4 is 0 Å². The lowest BCUT2D eigenvalue weighted by Crippen LogP contribution is -2.30. The Balaban J connectivity index is 4.86. The molecule has 0 N–H and O–H groups in total. The molecule has 0 saturated carbocycles. The van der Waals surface area contributed by atoms with Crippen molar-refractivity contribution in [3.05, 3.63) is 0 Å². The van der Waals surface area contributed by atoms with Crippen molar-refractivity contribution in [2.24, 2.45) is 15.7 Å². The van der Waals surface area contributed by atoms with Gasteiger partial charge in [0.25, 0.3) is 0 Å². The number of hydrogen-bond acceptors (Lipinski definition) is 6. The van der Waals surface area contributed by atoms with Gasteiger partial charge in [0.15, 0.2) is 0 Å². The standard InChI is InChI=1S/C11H18N2O4/c1-7(12-16-9(3)14)11(5,6)8(2)13-17-10(4)15/h1-6H3. The molecule has 0 spiro atoms. The van der Waals surface area contributed by atoms with Crippen LogP contribution in [0.4, 0.5) is 0 Å². The average Bonchev–Trinajstić information content (AvgIpc) is 2.21.